The molecule has 0 spiro atoms. The van der Waals surface area contributed by atoms with E-state index in [9.17, 15) is 4.79 Å². The van der Waals surface area contributed by atoms with E-state index in [1.165, 1.54) is 20.0 Å². The second-order valence-corrected chi connectivity index (χ2v) is 5.63. The average molecular weight is 215 g/mol. The van der Waals surface area contributed by atoms with Crippen LogP contribution in [0, 0.1) is 5.41 Å². The van der Waals surface area contributed by atoms with Gasteiger partial charge in [-0.2, -0.15) is 11.8 Å². The van der Waals surface area contributed by atoms with Crippen molar-refractivity contribution >= 4 is 17.7 Å². The summed E-state index contributed by atoms with van der Waals surface area (Å²) >= 11 is 2.01. The van der Waals surface area contributed by atoms with Gasteiger partial charge in [-0.25, -0.2) is 0 Å². The van der Waals surface area contributed by atoms with Crippen molar-refractivity contribution < 1.29 is 9.53 Å². The Morgan fingerprint density at radius 2 is 2.29 bits per heavy atom. The third kappa shape index (κ3) is 2.42. The van der Waals surface area contributed by atoms with Crippen molar-refractivity contribution in [1.82, 2.24) is 5.32 Å². The Morgan fingerprint density at radius 1 is 1.57 bits per heavy atom. The van der Waals surface area contributed by atoms with Gasteiger partial charge in [-0.3, -0.25) is 4.79 Å². The zero-order valence-corrected chi connectivity index (χ0v) is 9.36. The molecule has 2 rings (SSSR count). The molecule has 14 heavy (non-hydrogen) atoms. The Kier molecular flexibility index (Phi) is 3.02. The Balaban J connectivity index is 1.69. The van der Waals surface area contributed by atoms with E-state index in [1.54, 1.807) is 0 Å². The van der Waals surface area contributed by atoms with Crippen molar-refractivity contribution in [2.45, 2.75) is 24.5 Å². The normalized spacial score (nSPS) is 24.1. The van der Waals surface area contributed by atoms with E-state index in [2.05, 4.69) is 5.32 Å². The van der Waals surface area contributed by atoms with Crippen molar-refractivity contribution in [2.24, 2.45) is 5.41 Å². The molecular formula is C10H17NO2S. The number of carbonyl (C=O) groups is 1. The first-order valence-electron chi connectivity index (χ1n) is 5.13. The lowest BCUT2D eigenvalue weighted by Gasteiger charge is -2.28. The standard InChI is InChI=1S/C10H17NO2S/c1-13-9(12)4-10(2-3-10)7-14-8-5-11-6-8/h8,11H,2-7H2,1H3. The Morgan fingerprint density at radius 3 is 2.71 bits per heavy atom. The van der Waals surface area contributed by atoms with Crippen LogP contribution in [0.4, 0.5) is 0 Å². The third-order valence-electron chi connectivity index (χ3n) is 3.07. The van der Waals surface area contributed by atoms with Gasteiger partial charge in [-0.15, -0.1) is 0 Å². The highest BCUT2D eigenvalue weighted by atomic mass is 32.2. The minimum Gasteiger partial charge on any atom is -0.469 e. The number of rotatable bonds is 5. The Labute approximate surface area is 89.0 Å². The van der Waals surface area contributed by atoms with Crippen LogP contribution in [0.15, 0.2) is 0 Å². The fraction of sp³-hybridized carbons (Fsp3) is 0.900. The lowest BCUT2D eigenvalue weighted by molar-refractivity contribution is -0.141. The number of thioether (sulfide) groups is 1. The van der Waals surface area contributed by atoms with E-state index < -0.39 is 0 Å². The van der Waals surface area contributed by atoms with Gasteiger partial charge in [0, 0.05) is 18.3 Å². The summed E-state index contributed by atoms with van der Waals surface area (Å²) in [6.45, 7) is 2.28. The second-order valence-electron chi connectivity index (χ2n) is 4.34. The maximum Gasteiger partial charge on any atom is 0.306 e. The molecule has 1 saturated heterocycles. The van der Waals surface area contributed by atoms with Crippen LogP contribution >= 0.6 is 11.8 Å². The molecule has 0 bridgehead atoms. The van der Waals surface area contributed by atoms with Crippen molar-refractivity contribution in [3.05, 3.63) is 0 Å². The van der Waals surface area contributed by atoms with Gasteiger partial charge in [-0.05, 0) is 24.0 Å². The topological polar surface area (TPSA) is 38.3 Å². The molecule has 1 N–H and O–H groups in total. The molecular weight excluding hydrogens is 198 g/mol. The van der Waals surface area contributed by atoms with Gasteiger partial charge >= 0.3 is 5.97 Å². The van der Waals surface area contributed by atoms with Crippen LogP contribution in [-0.4, -0.2) is 37.2 Å². The molecule has 1 heterocycles. The third-order valence-corrected chi connectivity index (χ3v) is 4.66. The van der Waals surface area contributed by atoms with Crippen molar-refractivity contribution in [2.75, 3.05) is 26.0 Å². The molecule has 80 valence electrons. The fourth-order valence-electron chi connectivity index (χ4n) is 1.60. The highest BCUT2D eigenvalue weighted by Gasteiger charge is 2.45. The highest BCUT2D eigenvalue weighted by Crippen LogP contribution is 2.51. The highest BCUT2D eigenvalue weighted by molar-refractivity contribution is 8.00. The summed E-state index contributed by atoms with van der Waals surface area (Å²) in [6, 6.07) is 0. The molecule has 3 nitrogen and oxygen atoms in total. The molecule has 1 aliphatic carbocycles. The Bertz CT molecular complexity index is 224. The van der Waals surface area contributed by atoms with Gasteiger partial charge < -0.3 is 10.1 Å². The molecule has 0 unspecified atom stereocenters. The van der Waals surface area contributed by atoms with Crippen LogP contribution in [0.25, 0.3) is 0 Å². The molecule has 1 saturated carbocycles. The minimum absolute atomic E-state index is 0.0464. The SMILES string of the molecule is COC(=O)CC1(CSC2CNC2)CC1. The first-order chi connectivity index (χ1) is 6.74. The largest absolute Gasteiger partial charge is 0.469 e. The zero-order chi connectivity index (χ0) is 10.0. The van der Waals surface area contributed by atoms with Crippen LogP contribution in [0.1, 0.15) is 19.3 Å². The van der Waals surface area contributed by atoms with Crippen LogP contribution < -0.4 is 5.32 Å². The van der Waals surface area contributed by atoms with Gasteiger partial charge in [0.1, 0.15) is 0 Å². The maximum absolute atomic E-state index is 11.2. The smallest absolute Gasteiger partial charge is 0.306 e. The van der Waals surface area contributed by atoms with E-state index in [0.717, 1.165) is 24.1 Å². The van der Waals surface area contributed by atoms with Gasteiger partial charge in [-0.1, -0.05) is 0 Å². The molecule has 0 aromatic carbocycles. The molecule has 0 atom stereocenters. The summed E-state index contributed by atoms with van der Waals surface area (Å²) in [7, 11) is 1.47. The molecule has 0 aromatic heterocycles. The Hall–Kier alpha value is -0.220. The number of hydrogen-bond acceptors (Lipinski definition) is 4. The number of nitrogens with one attached hydrogen (secondary N) is 1. The molecule has 0 radical (unpaired) electrons. The van der Waals surface area contributed by atoms with Gasteiger partial charge in [0.15, 0.2) is 0 Å². The molecule has 2 fully saturated rings. The molecule has 0 aromatic rings. The van der Waals surface area contributed by atoms with Gasteiger partial charge in [0.25, 0.3) is 0 Å². The number of hydrogen-bond donors (Lipinski definition) is 1. The lowest BCUT2D eigenvalue weighted by atomic mass is 10.1. The van der Waals surface area contributed by atoms with Crippen LogP contribution in [0.2, 0.25) is 0 Å². The molecule has 0 amide bonds. The summed E-state index contributed by atoms with van der Waals surface area (Å²) in [5, 5.41) is 4.04. The summed E-state index contributed by atoms with van der Waals surface area (Å²) in [4.78, 5) is 11.2. The quantitative estimate of drug-likeness (QED) is 0.695. The summed E-state index contributed by atoms with van der Waals surface area (Å²) in [5.74, 6) is 1.09. The van der Waals surface area contributed by atoms with Gasteiger partial charge in [0.05, 0.1) is 13.5 Å². The van der Waals surface area contributed by atoms with Crippen LogP contribution in [-0.2, 0) is 9.53 Å². The van der Waals surface area contributed by atoms with E-state index >= 15 is 0 Å². The predicted octanol–water partition coefficient (Wildman–Crippen LogP) is 1.03. The summed E-state index contributed by atoms with van der Waals surface area (Å²) < 4.78 is 4.71. The fourth-order valence-corrected chi connectivity index (χ4v) is 3.05. The average Bonchev–Trinajstić information content (AvgIpc) is 2.82. The second kappa shape index (κ2) is 4.11. The predicted molar refractivity (Wildman–Crippen MR) is 57.4 cm³/mol. The first-order valence-corrected chi connectivity index (χ1v) is 6.18. The molecule has 2 aliphatic rings. The summed E-state index contributed by atoms with van der Waals surface area (Å²) in [5.41, 5.74) is 0.299. The van der Waals surface area contributed by atoms with E-state index in [0.29, 0.717) is 11.8 Å². The van der Waals surface area contributed by atoms with E-state index in [1.807, 2.05) is 11.8 Å². The van der Waals surface area contributed by atoms with Crippen LogP contribution in [0.3, 0.4) is 0 Å². The lowest BCUT2D eigenvalue weighted by Crippen LogP contribution is -2.45. The van der Waals surface area contributed by atoms with E-state index in [-0.39, 0.29) is 5.97 Å². The summed E-state index contributed by atoms with van der Waals surface area (Å²) in [6.07, 6.45) is 3.03. The number of ether oxygens (including phenoxy) is 1. The van der Waals surface area contributed by atoms with Crippen molar-refractivity contribution in [3.8, 4) is 0 Å². The zero-order valence-electron chi connectivity index (χ0n) is 8.54. The van der Waals surface area contributed by atoms with Crippen molar-refractivity contribution in [3.63, 3.8) is 0 Å². The monoisotopic (exact) mass is 215 g/mol. The van der Waals surface area contributed by atoms with E-state index in [4.69, 9.17) is 4.74 Å². The van der Waals surface area contributed by atoms with Gasteiger partial charge in [0.2, 0.25) is 0 Å². The van der Waals surface area contributed by atoms with Crippen molar-refractivity contribution in [1.29, 1.82) is 0 Å². The van der Waals surface area contributed by atoms with Crippen LogP contribution in [0.5, 0.6) is 0 Å². The first kappa shape index (κ1) is 10.3. The number of carbonyl (C=O) groups excluding carboxylic acids is 1. The molecule has 1 aliphatic heterocycles. The molecule has 4 heteroatoms. The maximum atomic E-state index is 11.2. The number of methoxy groups -OCH3 is 1. The minimum atomic E-state index is -0.0464. The number of esters is 1.